The highest BCUT2D eigenvalue weighted by Gasteiger charge is 2.27. The monoisotopic (exact) mass is 277 g/mol. The molecule has 1 unspecified atom stereocenters. The van der Waals surface area contributed by atoms with E-state index in [-0.39, 0.29) is 0 Å². The number of aromatic nitrogens is 3. The normalized spacial score (nSPS) is 17.0. The van der Waals surface area contributed by atoms with Crippen molar-refractivity contribution in [1.29, 1.82) is 0 Å². The van der Waals surface area contributed by atoms with Crippen molar-refractivity contribution in [1.82, 2.24) is 14.5 Å². The lowest BCUT2D eigenvalue weighted by Crippen LogP contribution is -2.12. The zero-order valence-corrected chi connectivity index (χ0v) is 12.3. The Morgan fingerprint density at radius 3 is 2.89 bits per heavy atom. The number of alkyl halides is 1. The first-order chi connectivity index (χ1) is 9.22. The fraction of sp³-hybridized carbons (Fsp3) is 0.600. The molecule has 0 saturated heterocycles. The van der Waals surface area contributed by atoms with Crippen LogP contribution in [0.3, 0.4) is 0 Å². The zero-order valence-electron chi connectivity index (χ0n) is 11.6. The Kier molecular flexibility index (Phi) is 3.48. The van der Waals surface area contributed by atoms with E-state index >= 15 is 0 Å². The molecule has 1 saturated carbocycles. The van der Waals surface area contributed by atoms with E-state index in [4.69, 9.17) is 11.6 Å². The smallest absolute Gasteiger partial charge is 0.160 e. The summed E-state index contributed by atoms with van der Waals surface area (Å²) >= 11 is 6.09. The molecule has 2 aromatic rings. The molecule has 1 fully saturated rings. The van der Waals surface area contributed by atoms with Crippen molar-refractivity contribution in [2.75, 3.05) is 0 Å². The van der Waals surface area contributed by atoms with Crippen molar-refractivity contribution in [2.24, 2.45) is 5.92 Å². The number of pyridine rings is 1. The minimum absolute atomic E-state index is 0.455. The number of fused-ring (bicyclic) bond motifs is 1. The molecule has 0 radical (unpaired) electrons. The maximum atomic E-state index is 6.09. The summed E-state index contributed by atoms with van der Waals surface area (Å²) in [6.07, 6.45) is 7.03. The standard InChI is InChI=1S/C15H20ClN3/c1-3-12(7-11-4-5-11)19-14(8-16)18-13-6-10(2)9-17-15(13)19/h6,9,11-12H,3-5,7-8H2,1-2H3. The van der Waals surface area contributed by atoms with E-state index in [0.717, 1.165) is 34.9 Å². The highest BCUT2D eigenvalue weighted by Crippen LogP contribution is 2.39. The Bertz CT molecular complexity index is 586. The fourth-order valence-electron chi connectivity index (χ4n) is 2.80. The van der Waals surface area contributed by atoms with Crippen LogP contribution < -0.4 is 0 Å². The number of aryl methyl sites for hydroxylation is 1. The average Bonchev–Trinajstić information content (AvgIpc) is 3.15. The summed E-state index contributed by atoms with van der Waals surface area (Å²) in [4.78, 5) is 9.24. The SMILES string of the molecule is CCC(CC1CC1)n1c(CCl)nc2cc(C)cnc21. The number of hydrogen-bond donors (Lipinski definition) is 0. The van der Waals surface area contributed by atoms with Crippen molar-refractivity contribution in [2.45, 2.75) is 51.5 Å². The van der Waals surface area contributed by atoms with Gasteiger partial charge in [0, 0.05) is 12.2 Å². The zero-order chi connectivity index (χ0) is 13.4. The Hall–Kier alpha value is -1.09. The fourth-order valence-corrected chi connectivity index (χ4v) is 2.99. The first kappa shape index (κ1) is 12.9. The van der Waals surface area contributed by atoms with Gasteiger partial charge in [-0.1, -0.05) is 19.8 Å². The first-order valence-electron chi connectivity index (χ1n) is 7.12. The highest BCUT2D eigenvalue weighted by atomic mass is 35.5. The molecule has 3 nitrogen and oxygen atoms in total. The predicted molar refractivity (Wildman–Crippen MR) is 78.5 cm³/mol. The lowest BCUT2D eigenvalue weighted by atomic mass is 10.1. The van der Waals surface area contributed by atoms with Gasteiger partial charge in [0.05, 0.1) is 5.88 Å². The Balaban J connectivity index is 2.07. The third-order valence-electron chi connectivity index (χ3n) is 4.00. The highest BCUT2D eigenvalue weighted by molar-refractivity contribution is 6.16. The molecule has 102 valence electrons. The van der Waals surface area contributed by atoms with Crippen LogP contribution in [0.4, 0.5) is 0 Å². The van der Waals surface area contributed by atoms with Crippen LogP contribution in [0.2, 0.25) is 0 Å². The number of halogens is 1. The molecule has 1 atom stereocenters. The molecule has 0 bridgehead atoms. The van der Waals surface area contributed by atoms with Crippen molar-refractivity contribution >= 4 is 22.8 Å². The number of nitrogens with zero attached hydrogens (tertiary/aromatic N) is 3. The summed E-state index contributed by atoms with van der Waals surface area (Å²) in [5.74, 6) is 2.31. The lowest BCUT2D eigenvalue weighted by molar-refractivity contribution is 0.427. The molecule has 0 amide bonds. The molecule has 19 heavy (non-hydrogen) atoms. The maximum Gasteiger partial charge on any atom is 0.160 e. The van der Waals surface area contributed by atoms with E-state index in [1.807, 2.05) is 13.1 Å². The molecule has 2 heterocycles. The van der Waals surface area contributed by atoms with Gasteiger partial charge in [-0.05, 0) is 37.3 Å². The van der Waals surface area contributed by atoms with Crippen LogP contribution in [0.1, 0.15) is 50.0 Å². The molecule has 4 heteroatoms. The Morgan fingerprint density at radius 1 is 1.47 bits per heavy atom. The summed E-state index contributed by atoms with van der Waals surface area (Å²) < 4.78 is 2.28. The molecule has 0 aromatic carbocycles. The number of imidazole rings is 1. The Morgan fingerprint density at radius 2 is 2.26 bits per heavy atom. The van der Waals surface area contributed by atoms with Crippen molar-refractivity contribution in [3.8, 4) is 0 Å². The van der Waals surface area contributed by atoms with E-state index in [9.17, 15) is 0 Å². The second kappa shape index (κ2) is 5.12. The van der Waals surface area contributed by atoms with Crippen LogP contribution in [0.25, 0.3) is 11.2 Å². The van der Waals surface area contributed by atoms with Gasteiger partial charge in [-0.15, -0.1) is 11.6 Å². The van der Waals surface area contributed by atoms with E-state index in [1.165, 1.54) is 19.3 Å². The van der Waals surface area contributed by atoms with Crippen LogP contribution in [0.5, 0.6) is 0 Å². The molecule has 0 aliphatic heterocycles. The third kappa shape index (κ3) is 2.48. The molecule has 3 rings (SSSR count). The minimum atomic E-state index is 0.455. The van der Waals surface area contributed by atoms with Crippen molar-refractivity contribution in [3.63, 3.8) is 0 Å². The van der Waals surface area contributed by atoms with E-state index < -0.39 is 0 Å². The van der Waals surface area contributed by atoms with Crippen LogP contribution in [0.15, 0.2) is 12.3 Å². The predicted octanol–water partition coefficient (Wildman–Crippen LogP) is 4.23. The van der Waals surface area contributed by atoms with Crippen LogP contribution in [-0.2, 0) is 5.88 Å². The summed E-state index contributed by atoms with van der Waals surface area (Å²) in [7, 11) is 0. The van der Waals surface area contributed by atoms with Crippen molar-refractivity contribution in [3.05, 3.63) is 23.7 Å². The average molecular weight is 278 g/mol. The van der Waals surface area contributed by atoms with E-state index in [0.29, 0.717) is 11.9 Å². The largest absolute Gasteiger partial charge is 0.309 e. The second-order valence-electron chi connectivity index (χ2n) is 5.63. The van der Waals surface area contributed by atoms with Crippen LogP contribution in [-0.4, -0.2) is 14.5 Å². The minimum Gasteiger partial charge on any atom is -0.309 e. The molecule has 1 aliphatic carbocycles. The summed E-state index contributed by atoms with van der Waals surface area (Å²) in [6, 6.07) is 2.58. The molecular weight excluding hydrogens is 258 g/mol. The van der Waals surface area contributed by atoms with Crippen LogP contribution >= 0.6 is 11.6 Å². The van der Waals surface area contributed by atoms with Gasteiger partial charge in [0.15, 0.2) is 5.65 Å². The topological polar surface area (TPSA) is 30.7 Å². The van der Waals surface area contributed by atoms with Gasteiger partial charge in [-0.3, -0.25) is 0 Å². The van der Waals surface area contributed by atoms with Gasteiger partial charge < -0.3 is 4.57 Å². The van der Waals surface area contributed by atoms with Gasteiger partial charge in [0.2, 0.25) is 0 Å². The lowest BCUT2D eigenvalue weighted by Gasteiger charge is -2.19. The summed E-state index contributed by atoms with van der Waals surface area (Å²) in [5.41, 5.74) is 3.12. The van der Waals surface area contributed by atoms with E-state index in [2.05, 4.69) is 27.5 Å². The second-order valence-corrected chi connectivity index (χ2v) is 5.90. The summed E-state index contributed by atoms with van der Waals surface area (Å²) in [5, 5.41) is 0. The van der Waals surface area contributed by atoms with Crippen molar-refractivity contribution < 1.29 is 0 Å². The van der Waals surface area contributed by atoms with Gasteiger partial charge in [-0.25, -0.2) is 9.97 Å². The van der Waals surface area contributed by atoms with Crippen LogP contribution in [0, 0.1) is 12.8 Å². The molecular formula is C15H20ClN3. The Labute approximate surface area is 119 Å². The number of rotatable bonds is 5. The molecule has 0 spiro atoms. The third-order valence-corrected chi connectivity index (χ3v) is 4.24. The van der Waals surface area contributed by atoms with Gasteiger partial charge in [0.1, 0.15) is 11.3 Å². The van der Waals surface area contributed by atoms with E-state index in [1.54, 1.807) is 0 Å². The molecule has 2 aromatic heterocycles. The van der Waals surface area contributed by atoms with Gasteiger partial charge >= 0.3 is 0 Å². The first-order valence-corrected chi connectivity index (χ1v) is 7.65. The quantitative estimate of drug-likeness (QED) is 0.766. The number of hydrogen-bond acceptors (Lipinski definition) is 2. The maximum absolute atomic E-state index is 6.09. The molecule has 1 aliphatic rings. The van der Waals surface area contributed by atoms with Gasteiger partial charge in [-0.2, -0.15) is 0 Å². The molecule has 0 N–H and O–H groups in total. The van der Waals surface area contributed by atoms with Gasteiger partial charge in [0.25, 0.3) is 0 Å². The summed E-state index contributed by atoms with van der Waals surface area (Å²) in [6.45, 7) is 4.29.